The molecule has 0 bridgehead atoms. The van der Waals surface area contributed by atoms with Crippen LogP contribution in [0.3, 0.4) is 0 Å². The van der Waals surface area contributed by atoms with E-state index >= 15 is 0 Å². The van der Waals surface area contributed by atoms with Crippen LogP contribution in [0.25, 0.3) is 11.4 Å². The van der Waals surface area contributed by atoms with E-state index in [1.54, 1.807) is 83.1 Å². The van der Waals surface area contributed by atoms with Gasteiger partial charge >= 0.3 is 175 Å². The third-order valence-corrected chi connectivity index (χ3v) is 7.30. The van der Waals surface area contributed by atoms with Gasteiger partial charge in [-0.05, 0) is 83.1 Å². The summed E-state index contributed by atoms with van der Waals surface area (Å²) in [5.41, 5.74) is 7.75. The number of ether oxygens (including phenoxy) is 4. The Hall–Kier alpha value is -4.50. The van der Waals surface area contributed by atoms with Gasteiger partial charge in [-0.2, -0.15) is 0 Å². The molecule has 0 N–H and O–H groups in total. The maximum atomic E-state index is 11.2. The summed E-state index contributed by atoms with van der Waals surface area (Å²) < 4.78 is 25.1. The van der Waals surface area contributed by atoms with Crippen LogP contribution in [0.15, 0.2) is 61.0 Å². The van der Waals surface area contributed by atoms with Crippen molar-refractivity contribution in [3.63, 3.8) is 0 Å². The zero-order valence-corrected chi connectivity index (χ0v) is 37.7. The van der Waals surface area contributed by atoms with Crippen LogP contribution in [-0.2, 0) is 53.2 Å². The molecule has 56 heavy (non-hydrogen) atoms. The van der Waals surface area contributed by atoms with Crippen molar-refractivity contribution < 1.29 is 53.2 Å². The van der Waals surface area contributed by atoms with Crippen LogP contribution in [-0.4, -0.2) is 55.4 Å². The third-order valence-electron chi connectivity index (χ3n) is 6.82. The number of benzene rings is 2. The van der Waals surface area contributed by atoms with Crippen molar-refractivity contribution in [2.45, 2.75) is 147 Å². The van der Waals surface area contributed by atoms with Gasteiger partial charge in [0, 0.05) is 24.3 Å². The summed E-state index contributed by atoms with van der Waals surface area (Å²) in [6.45, 7) is 34.0. The minimum absolute atomic E-state index is 0.557. The van der Waals surface area contributed by atoms with Crippen molar-refractivity contribution >= 4 is 23.9 Å². The van der Waals surface area contributed by atoms with Crippen molar-refractivity contribution in [2.75, 3.05) is 0 Å². The molecule has 3 aromatic rings. The average Bonchev–Trinajstić information content (AvgIpc) is 3.31. The van der Waals surface area contributed by atoms with Crippen molar-refractivity contribution in [3.8, 4) is 11.4 Å². The van der Waals surface area contributed by atoms with Crippen molar-refractivity contribution in [2.24, 2.45) is 0 Å². The first-order valence-electron chi connectivity index (χ1n) is 18.5. The fourth-order valence-electron chi connectivity index (χ4n) is 5.40. The number of carbonyl (C=O) groups is 4. The van der Waals surface area contributed by atoms with Gasteiger partial charge < -0.3 is 18.9 Å². The van der Waals surface area contributed by atoms with Crippen LogP contribution in [0.4, 0.5) is 0 Å². The van der Waals surface area contributed by atoms with Crippen LogP contribution in [0.1, 0.15) is 116 Å². The number of rotatable bonds is 6. The van der Waals surface area contributed by atoms with Gasteiger partial charge in [-0.3, -0.25) is 0 Å². The Morgan fingerprint density at radius 3 is 0.821 bits per heavy atom. The molecule has 0 atom stereocenters. The third kappa shape index (κ3) is 18.9. The molecule has 2 aromatic carbocycles. The van der Waals surface area contributed by atoms with Gasteiger partial charge in [0.05, 0.1) is 0 Å². The second-order valence-electron chi connectivity index (χ2n) is 17.6. The first kappa shape index (κ1) is 49.5. The molecule has 0 amide bonds. The summed E-state index contributed by atoms with van der Waals surface area (Å²) in [7, 11) is 0. The standard InChI is InChI=1S/C21H24N2.2C12H20O4.Ni/c1-14-9-16(3)20(17(4)10-14)22-7-8-23(13-22)21-18(5)11-15(2)12-19(21)6;2*1-11(2,3)15-9(13)7-8-10(14)16-12(4,5)6;/h7-12H,1-6H3;2*7-8H,1-6H3;/b;2*8-7+;. The molecule has 0 unspecified atom stereocenters. The summed E-state index contributed by atoms with van der Waals surface area (Å²) in [6, 6.07) is 8.87. The van der Waals surface area contributed by atoms with Crippen molar-refractivity contribution in [3.05, 3.63) is 98.7 Å². The van der Waals surface area contributed by atoms with Crippen LogP contribution < -0.4 is 0 Å². The van der Waals surface area contributed by atoms with E-state index in [2.05, 4.69) is 87.3 Å². The fourth-order valence-corrected chi connectivity index (χ4v) is 5.77. The molecule has 312 valence electrons. The summed E-state index contributed by atoms with van der Waals surface area (Å²) in [4.78, 5) is 44.8. The predicted molar refractivity (Wildman–Crippen MR) is 218 cm³/mol. The molecule has 0 aliphatic rings. The number of hydrogen-bond acceptors (Lipinski definition) is 8. The number of carbonyl (C=O) groups excluding carboxylic acids is 4. The van der Waals surface area contributed by atoms with Gasteiger partial charge in [-0.1, -0.05) is 0 Å². The normalized spacial score (nSPS) is 12.0. The van der Waals surface area contributed by atoms with Crippen molar-refractivity contribution in [1.29, 1.82) is 0 Å². The number of aryl methyl sites for hydroxylation is 6. The second kappa shape index (κ2) is 20.1. The summed E-state index contributed by atoms with van der Waals surface area (Å²) >= 11 is 5.46. The molecule has 0 fully saturated rings. The monoisotopic (exact) mass is 818 g/mol. The summed E-state index contributed by atoms with van der Waals surface area (Å²) in [6.07, 6.45) is 8.45. The van der Waals surface area contributed by atoms with Crippen LogP contribution in [0.5, 0.6) is 0 Å². The Bertz CT molecular complexity index is 1740. The maximum absolute atomic E-state index is 11.2. The molecule has 0 spiro atoms. The number of imidazole rings is 1. The first-order chi connectivity index (χ1) is 25.3. The van der Waals surface area contributed by atoms with E-state index in [9.17, 15) is 19.2 Å². The second-order valence-corrected chi connectivity index (χ2v) is 18.0. The molecule has 0 aliphatic heterocycles. The van der Waals surface area contributed by atoms with E-state index in [-0.39, 0.29) is 0 Å². The number of nitrogens with zero attached hydrogens (tertiary/aromatic N) is 2. The van der Waals surface area contributed by atoms with Crippen LogP contribution >= 0.6 is 0 Å². The van der Waals surface area contributed by atoms with Crippen LogP contribution in [0, 0.1) is 45.9 Å². The number of esters is 4. The molecule has 1 heterocycles. The SMILES string of the molecule is CC(C)(C)OC(=O)/C=C/C(=O)OC(C)(C)C.CC(C)(C)OC(=O)/C=C/C(=O)OC(C)(C)C.Cc1cc(C)c(-n2ccn(-c3c(C)cc(C)cc3C)[c]2=[Ni])c(C)c1. The first-order valence-corrected chi connectivity index (χ1v) is 19.0. The molecule has 10 nitrogen and oxygen atoms in total. The molecule has 0 aliphatic carbocycles. The van der Waals surface area contributed by atoms with Crippen LogP contribution in [0.2, 0.25) is 0 Å². The van der Waals surface area contributed by atoms with Gasteiger partial charge in [-0.15, -0.1) is 0 Å². The van der Waals surface area contributed by atoms with E-state index in [4.69, 9.17) is 34.0 Å². The molecular weight excluding hydrogens is 755 g/mol. The van der Waals surface area contributed by atoms with Gasteiger partial charge in [0.1, 0.15) is 22.4 Å². The summed E-state index contributed by atoms with van der Waals surface area (Å²) in [5.74, 6) is -2.23. The van der Waals surface area contributed by atoms with Gasteiger partial charge in [0.2, 0.25) is 0 Å². The quantitative estimate of drug-likeness (QED) is 0.105. The molecule has 0 saturated carbocycles. The Kier molecular flexibility index (Phi) is 17.8. The van der Waals surface area contributed by atoms with Gasteiger partial charge in [-0.25, -0.2) is 19.2 Å². The van der Waals surface area contributed by atoms with E-state index in [1.807, 2.05) is 0 Å². The Morgan fingerprint density at radius 2 is 0.643 bits per heavy atom. The number of aromatic nitrogens is 2. The van der Waals surface area contributed by atoms with Gasteiger partial charge in [0.25, 0.3) is 0 Å². The topological polar surface area (TPSA) is 115 Å². The average molecular weight is 820 g/mol. The van der Waals surface area contributed by atoms with E-state index < -0.39 is 46.3 Å². The fraction of sp³-hybridized carbons (Fsp3) is 0.489. The van der Waals surface area contributed by atoms with Crippen molar-refractivity contribution in [1.82, 2.24) is 9.13 Å². The van der Waals surface area contributed by atoms with Gasteiger partial charge in [0.15, 0.2) is 0 Å². The Balaban J connectivity index is 0.000000437. The van der Waals surface area contributed by atoms with E-state index in [0.29, 0.717) is 0 Å². The summed E-state index contributed by atoms with van der Waals surface area (Å²) in [5, 5.41) is 0. The zero-order valence-electron chi connectivity index (χ0n) is 36.8. The molecule has 11 heteroatoms. The molecule has 0 saturated heterocycles. The molecular formula is C45H64N2NiO8. The Labute approximate surface area is 342 Å². The zero-order chi connectivity index (χ0) is 43.6. The molecule has 1 aromatic heterocycles. The van der Waals surface area contributed by atoms with E-state index in [1.165, 1.54) is 44.8 Å². The number of hydrogen-bond donors (Lipinski definition) is 0. The van der Waals surface area contributed by atoms with E-state index in [0.717, 1.165) is 28.7 Å². The Morgan fingerprint density at radius 1 is 0.446 bits per heavy atom. The molecule has 0 radical (unpaired) electrons. The minimum atomic E-state index is -0.560. The molecule has 3 rings (SSSR count). The predicted octanol–water partition coefficient (Wildman–Crippen LogP) is 9.65.